The van der Waals surface area contributed by atoms with Crippen molar-refractivity contribution in [3.05, 3.63) is 59.7 Å². The number of benzene rings is 2. The highest BCUT2D eigenvalue weighted by atomic mass is 32.2. The van der Waals surface area contributed by atoms with Crippen molar-refractivity contribution in [2.24, 2.45) is 0 Å². The van der Waals surface area contributed by atoms with Gasteiger partial charge in [-0.25, -0.2) is 8.42 Å². The summed E-state index contributed by atoms with van der Waals surface area (Å²) in [6, 6.07) is 14.3. The van der Waals surface area contributed by atoms with E-state index in [1.807, 2.05) is 24.3 Å². The lowest BCUT2D eigenvalue weighted by atomic mass is 10.1. The van der Waals surface area contributed by atoms with E-state index >= 15 is 0 Å². The lowest BCUT2D eigenvalue weighted by Gasteiger charge is -2.28. The SMILES string of the molecule is COC(=O)[C@@H](C[C@H]1CCCO1)S(=O)(=O)N(Cc1ccc(OC)cc1)Cc1ccc(OC)cc1. The molecule has 0 unspecified atom stereocenters. The summed E-state index contributed by atoms with van der Waals surface area (Å²) in [5, 5.41) is -1.35. The third-order valence-corrected chi connectivity index (χ3v) is 7.80. The van der Waals surface area contributed by atoms with Crippen LogP contribution in [0.2, 0.25) is 0 Å². The Morgan fingerprint density at radius 1 is 0.970 bits per heavy atom. The number of esters is 1. The zero-order chi connectivity index (χ0) is 23.8. The van der Waals surface area contributed by atoms with Crippen molar-refractivity contribution < 1.29 is 32.2 Å². The lowest BCUT2D eigenvalue weighted by molar-refractivity contribution is -0.140. The Morgan fingerprint density at radius 3 is 1.88 bits per heavy atom. The summed E-state index contributed by atoms with van der Waals surface area (Å²) in [6.45, 7) is 0.759. The van der Waals surface area contributed by atoms with Crippen LogP contribution in [0.1, 0.15) is 30.4 Å². The molecule has 1 aliphatic heterocycles. The first-order valence-corrected chi connectivity index (χ1v) is 12.3. The van der Waals surface area contributed by atoms with Crippen LogP contribution in [0.15, 0.2) is 48.5 Å². The Balaban J connectivity index is 1.92. The minimum Gasteiger partial charge on any atom is -0.497 e. The second kappa shape index (κ2) is 11.5. The van der Waals surface area contributed by atoms with Gasteiger partial charge in [-0.3, -0.25) is 4.79 Å². The average molecular weight is 478 g/mol. The Labute approximate surface area is 195 Å². The molecule has 0 amide bonds. The maximum absolute atomic E-state index is 13.8. The fourth-order valence-corrected chi connectivity index (χ4v) is 5.64. The van der Waals surface area contributed by atoms with Crippen LogP contribution < -0.4 is 9.47 Å². The van der Waals surface area contributed by atoms with Gasteiger partial charge in [-0.2, -0.15) is 4.31 Å². The van der Waals surface area contributed by atoms with E-state index in [9.17, 15) is 13.2 Å². The van der Waals surface area contributed by atoms with Gasteiger partial charge in [0, 0.05) is 26.1 Å². The summed E-state index contributed by atoms with van der Waals surface area (Å²) in [7, 11) is 0.274. The number of nitrogens with zero attached hydrogens (tertiary/aromatic N) is 1. The molecular formula is C24H31NO7S. The van der Waals surface area contributed by atoms with Crippen LogP contribution in [0.4, 0.5) is 0 Å². The molecule has 0 spiro atoms. The van der Waals surface area contributed by atoms with Gasteiger partial charge in [-0.05, 0) is 48.2 Å². The molecule has 0 aliphatic carbocycles. The summed E-state index contributed by atoms with van der Waals surface area (Å²) in [4.78, 5) is 12.6. The number of rotatable bonds is 11. The zero-order valence-corrected chi connectivity index (χ0v) is 20.0. The average Bonchev–Trinajstić information content (AvgIpc) is 3.36. The topological polar surface area (TPSA) is 91.4 Å². The normalized spacial score (nSPS) is 17.0. The predicted molar refractivity (Wildman–Crippen MR) is 124 cm³/mol. The van der Waals surface area contributed by atoms with Gasteiger partial charge in [0.05, 0.1) is 27.4 Å². The van der Waals surface area contributed by atoms with E-state index in [1.54, 1.807) is 38.5 Å². The summed E-state index contributed by atoms with van der Waals surface area (Å²) >= 11 is 0. The Morgan fingerprint density at radius 2 is 1.48 bits per heavy atom. The largest absolute Gasteiger partial charge is 0.497 e. The summed E-state index contributed by atoms with van der Waals surface area (Å²) < 4.78 is 49.8. The number of carbonyl (C=O) groups excluding carboxylic acids is 1. The molecule has 0 N–H and O–H groups in total. The van der Waals surface area contributed by atoms with Crippen LogP contribution in [-0.2, 0) is 37.4 Å². The zero-order valence-electron chi connectivity index (χ0n) is 19.2. The first kappa shape index (κ1) is 25.0. The van der Waals surface area contributed by atoms with Crippen LogP contribution in [0.3, 0.4) is 0 Å². The van der Waals surface area contributed by atoms with Crippen LogP contribution in [0.5, 0.6) is 11.5 Å². The van der Waals surface area contributed by atoms with E-state index in [1.165, 1.54) is 11.4 Å². The molecule has 2 aromatic carbocycles. The number of carbonyl (C=O) groups is 1. The molecule has 0 saturated carbocycles. The molecule has 0 bridgehead atoms. The minimum atomic E-state index is -4.07. The molecule has 9 heteroatoms. The number of hydrogen-bond donors (Lipinski definition) is 0. The van der Waals surface area contributed by atoms with Crippen molar-refractivity contribution in [2.75, 3.05) is 27.9 Å². The van der Waals surface area contributed by atoms with Crippen molar-refractivity contribution in [2.45, 2.75) is 43.7 Å². The maximum Gasteiger partial charge on any atom is 0.325 e. The maximum atomic E-state index is 13.8. The van der Waals surface area contributed by atoms with Crippen molar-refractivity contribution in [3.8, 4) is 11.5 Å². The van der Waals surface area contributed by atoms with Crippen molar-refractivity contribution in [3.63, 3.8) is 0 Å². The summed E-state index contributed by atoms with van der Waals surface area (Å²) in [5.74, 6) is 0.572. The number of hydrogen-bond acceptors (Lipinski definition) is 7. The summed E-state index contributed by atoms with van der Waals surface area (Å²) in [5.41, 5.74) is 1.54. The molecular weight excluding hydrogens is 446 g/mol. The fraction of sp³-hybridized carbons (Fsp3) is 0.458. The fourth-order valence-electron chi connectivity index (χ4n) is 3.82. The summed E-state index contributed by atoms with van der Waals surface area (Å²) in [6.07, 6.45) is 1.35. The van der Waals surface area contributed by atoms with E-state index in [4.69, 9.17) is 18.9 Å². The van der Waals surface area contributed by atoms with Crippen LogP contribution in [0.25, 0.3) is 0 Å². The van der Waals surface area contributed by atoms with E-state index in [-0.39, 0.29) is 25.6 Å². The van der Waals surface area contributed by atoms with Gasteiger partial charge in [-0.15, -0.1) is 0 Å². The second-order valence-corrected chi connectivity index (χ2v) is 10.0. The molecule has 2 aromatic rings. The number of sulfonamides is 1. The molecule has 8 nitrogen and oxygen atoms in total. The standard InChI is InChI=1S/C24H31NO7S/c1-29-20-10-6-18(7-11-20)16-25(17-19-8-12-21(30-2)13-9-19)33(27,28)23(24(26)31-3)15-22-5-4-14-32-22/h6-13,22-23H,4-5,14-17H2,1-3H3/t22-,23-/m1/s1. The van der Waals surface area contributed by atoms with E-state index in [2.05, 4.69) is 0 Å². The van der Waals surface area contributed by atoms with Gasteiger partial charge in [0.1, 0.15) is 11.5 Å². The molecule has 2 atom stereocenters. The Kier molecular flexibility index (Phi) is 8.71. The minimum absolute atomic E-state index is 0.0662. The van der Waals surface area contributed by atoms with Gasteiger partial charge in [0.15, 0.2) is 5.25 Å². The van der Waals surface area contributed by atoms with E-state index < -0.39 is 21.2 Å². The second-order valence-electron chi connectivity index (χ2n) is 7.89. The van der Waals surface area contributed by atoms with Gasteiger partial charge < -0.3 is 18.9 Å². The van der Waals surface area contributed by atoms with Crippen LogP contribution >= 0.6 is 0 Å². The van der Waals surface area contributed by atoms with Gasteiger partial charge in [-0.1, -0.05) is 24.3 Å². The molecule has 33 heavy (non-hydrogen) atoms. The van der Waals surface area contributed by atoms with E-state index in [0.29, 0.717) is 18.1 Å². The molecule has 1 aliphatic rings. The highest BCUT2D eigenvalue weighted by molar-refractivity contribution is 7.90. The predicted octanol–water partition coefficient (Wildman–Crippen LogP) is 3.15. The Bertz CT molecular complexity index is 951. The first-order valence-electron chi connectivity index (χ1n) is 10.8. The van der Waals surface area contributed by atoms with Gasteiger partial charge in [0.2, 0.25) is 10.0 Å². The molecule has 0 aromatic heterocycles. The van der Waals surface area contributed by atoms with Gasteiger partial charge >= 0.3 is 5.97 Å². The monoisotopic (exact) mass is 477 g/mol. The molecule has 1 saturated heterocycles. The Hall–Kier alpha value is -2.62. The van der Waals surface area contributed by atoms with Crippen LogP contribution in [0, 0.1) is 0 Å². The first-order chi connectivity index (χ1) is 15.9. The smallest absolute Gasteiger partial charge is 0.325 e. The van der Waals surface area contributed by atoms with Crippen LogP contribution in [-0.4, -0.2) is 58.0 Å². The van der Waals surface area contributed by atoms with Gasteiger partial charge in [0.25, 0.3) is 0 Å². The van der Waals surface area contributed by atoms with Crippen molar-refractivity contribution in [1.82, 2.24) is 4.31 Å². The quantitative estimate of drug-likeness (QED) is 0.459. The number of ether oxygens (including phenoxy) is 4. The van der Waals surface area contributed by atoms with Crippen molar-refractivity contribution >= 4 is 16.0 Å². The van der Waals surface area contributed by atoms with Crippen molar-refractivity contribution in [1.29, 1.82) is 0 Å². The third kappa shape index (κ3) is 6.46. The number of methoxy groups -OCH3 is 3. The third-order valence-electron chi connectivity index (χ3n) is 5.72. The molecule has 0 radical (unpaired) electrons. The molecule has 180 valence electrons. The molecule has 1 heterocycles. The van der Waals surface area contributed by atoms with E-state index in [0.717, 1.165) is 24.0 Å². The highest BCUT2D eigenvalue weighted by Crippen LogP contribution is 2.26. The molecule has 1 fully saturated rings. The molecule has 3 rings (SSSR count). The lowest BCUT2D eigenvalue weighted by Crippen LogP contribution is -2.44. The highest BCUT2D eigenvalue weighted by Gasteiger charge is 2.41.